The third kappa shape index (κ3) is 1.85. The van der Waals surface area contributed by atoms with Gasteiger partial charge in [-0.05, 0) is 11.6 Å². The number of benzene rings is 1. The lowest BCUT2D eigenvalue weighted by molar-refractivity contribution is -0.138. The topological polar surface area (TPSA) is 79.1 Å². The Labute approximate surface area is 86.7 Å². The summed E-state index contributed by atoms with van der Waals surface area (Å²) in [6.45, 7) is 0. The van der Waals surface area contributed by atoms with Gasteiger partial charge in [0.25, 0.3) is 0 Å². The summed E-state index contributed by atoms with van der Waals surface area (Å²) in [4.78, 5) is 13.7. The highest BCUT2D eigenvalue weighted by Crippen LogP contribution is 2.18. The average Bonchev–Trinajstić information content (AvgIpc) is 2.62. The van der Waals surface area contributed by atoms with Gasteiger partial charge in [-0.25, -0.2) is 0 Å². The molecule has 1 aromatic carbocycles. The van der Waals surface area contributed by atoms with Crippen LogP contribution in [0.5, 0.6) is 0 Å². The Morgan fingerprint density at radius 2 is 2.20 bits per heavy atom. The Hall–Kier alpha value is -1.81. The Morgan fingerprint density at radius 3 is 2.93 bits per heavy atom. The highest BCUT2D eigenvalue weighted by molar-refractivity contribution is 5.84. The van der Waals surface area contributed by atoms with Crippen LogP contribution in [0.25, 0.3) is 10.9 Å². The molecule has 2 rings (SSSR count). The fourth-order valence-corrected chi connectivity index (χ4v) is 1.62. The number of hydrogen-bond donors (Lipinski definition) is 3. The van der Waals surface area contributed by atoms with Gasteiger partial charge in [0.15, 0.2) is 0 Å². The Morgan fingerprint density at radius 1 is 1.47 bits per heavy atom. The number of hydrogen-bond acceptors (Lipinski definition) is 2. The number of nitrogens with one attached hydrogen (secondary N) is 1. The molecule has 78 valence electrons. The number of carboxylic acids is 1. The van der Waals surface area contributed by atoms with Crippen molar-refractivity contribution in [3.05, 3.63) is 36.0 Å². The lowest BCUT2D eigenvalue weighted by Gasteiger charge is -2.04. The van der Waals surface area contributed by atoms with Gasteiger partial charge in [0.2, 0.25) is 0 Å². The summed E-state index contributed by atoms with van der Waals surface area (Å²) in [6.07, 6.45) is 2.16. The SMILES string of the molecule is N[C@@H](C[13c]1c[nH]c2ccccc21)C(=O)O. The van der Waals surface area contributed by atoms with E-state index in [2.05, 4.69) is 4.98 Å². The van der Waals surface area contributed by atoms with Crippen LogP contribution in [0.15, 0.2) is 30.5 Å². The zero-order valence-electron chi connectivity index (χ0n) is 8.10. The van der Waals surface area contributed by atoms with Gasteiger partial charge in [-0.15, -0.1) is 0 Å². The number of carboxylic acid groups (broad SMARTS) is 1. The summed E-state index contributed by atoms with van der Waals surface area (Å²) < 4.78 is 0. The summed E-state index contributed by atoms with van der Waals surface area (Å²) in [7, 11) is 0. The lowest BCUT2D eigenvalue weighted by atomic mass is 10.2. The van der Waals surface area contributed by atoms with E-state index in [-0.39, 0.29) is 0 Å². The van der Waals surface area contributed by atoms with Gasteiger partial charge in [-0.2, -0.15) is 0 Å². The predicted octanol–water partition coefficient (Wildman–Crippen LogP) is 1.12. The van der Waals surface area contributed by atoms with Crippen LogP contribution in [0.2, 0.25) is 0 Å². The zero-order chi connectivity index (χ0) is 10.8. The second-order valence-electron chi connectivity index (χ2n) is 3.51. The van der Waals surface area contributed by atoms with Crippen LogP contribution in [-0.2, 0) is 11.2 Å². The molecular weight excluding hydrogens is 193 g/mol. The third-order valence-electron chi connectivity index (χ3n) is 2.43. The van der Waals surface area contributed by atoms with Gasteiger partial charge in [0, 0.05) is 23.5 Å². The highest BCUT2D eigenvalue weighted by atomic mass is 16.4. The van der Waals surface area contributed by atoms with Crippen LogP contribution >= 0.6 is 0 Å². The van der Waals surface area contributed by atoms with Crippen molar-refractivity contribution in [2.75, 3.05) is 0 Å². The van der Waals surface area contributed by atoms with Crippen LogP contribution in [0.4, 0.5) is 0 Å². The summed E-state index contributed by atoms with van der Waals surface area (Å²) in [5.41, 5.74) is 7.43. The average molecular weight is 205 g/mol. The number of para-hydroxylation sites is 1. The summed E-state index contributed by atoms with van der Waals surface area (Å²) in [5.74, 6) is -0.972. The molecule has 1 aromatic heterocycles. The first-order chi connectivity index (χ1) is 7.18. The molecule has 0 radical (unpaired) electrons. The number of fused-ring (bicyclic) bond motifs is 1. The van der Waals surface area contributed by atoms with Crippen molar-refractivity contribution in [1.82, 2.24) is 4.98 Å². The molecule has 1 atom stereocenters. The van der Waals surface area contributed by atoms with E-state index in [9.17, 15) is 4.79 Å². The van der Waals surface area contributed by atoms with Crippen LogP contribution in [-0.4, -0.2) is 22.1 Å². The number of aromatic nitrogens is 1. The van der Waals surface area contributed by atoms with Crippen LogP contribution in [0.3, 0.4) is 0 Å². The lowest BCUT2D eigenvalue weighted by Crippen LogP contribution is -2.32. The van der Waals surface area contributed by atoms with E-state index in [0.29, 0.717) is 6.42 Å². The fraction of sp³-hybridized carbons (Fsp3) is 0.182. The first-order valence-electron chi connectivity index (χ1n) is 4.72. The van der Waals surface area contributed by atoms with Gasteiger partial charge in [-0.1, -0.05) is 18.2 Å². The molecule has 4 N–H and O–H groups in total. The second-order valence-corrected chi connectivity index (χ2v) is 3.51. The number of aliphatic carboxylic acids is 1. The van der Waals surface area contributed by atoms with Gasteiger partial charge < -0.3 is 15.8 Å². The Bertz CT molecular complexity index is 490. The van der Waals surface area contributed by atoms with E-state index in [1.165, 1.54) is 0 Å². The third-order valence-corrected chi connectivity index (χ3v) is 2.43. The van der Waals surface area contributed by atoms with Crippen molar-refractivity contribution in [2.45, 2.75) is 12.5 Å². The number of H-pyrrole nitrogens is 1. The van der Waals surface area contributed by atoms with Crippen molar-refractivity contribution >= 4 is 16.9 Å². The van der Waals surface area contributed by atoms with Crippen molar-refractivity contribution in [3.8, 4) is 0 Å². The number of carbonyl (C=O) groups is 1. The zero-order valence-corrected chi connectivity index (χ0v) is 8.10. The van der Waals surface area contributed by atoms with Crippen molar-refractivity contribution in [1.29, 1.82) is 0 Å². The quantitative estimate of drug-likeness (QED) is 0.702. The molecule has 15 heavy (non-hydrogen) atoms. The molecule has 0 fully saturated rings. The first-order valence-corrected chi connectivity index (χ1v) is 4.72. The first kappa shape index (κ1) is 9.73. The standard InChI is InChI=1S/C11H12N2O2/c12-9(11(14)15)5-7-6-13-10-4-2-1-3-8(7)10/h1-4,6,9,13H,5,12H2,(H,14,15)/t9-/m0/s1/i7+1. The van der Waals surface area contributed by atoms with Gasteiger partial charge >= 0.3 is 5.97 Å². The molecule has 0 amide bonds. The van der Waals surface area contributed by atoms with Crippen LogP contribution in [0.1, 0.15) is 5.56 Å². The monoisotopic (exact) mass is 205 g/mol. The number of nitrogens with two attached hydrogens (primary N) is 1. The van der Waals surface area contributed by atoms with E-state index >= 15 is 0 Å². The van der Waals surface area contributed by atoms with Gasteiger partial charge in [0.1, 0.15) is 6.04 Å². The molecule has 0 unspecified atom stereocenters. The minimum atomic E-state index is -0.972. The van der Waals surface area contributed by atoms with Gasteiger partial charge in [-0.3, -0.25) is 4.79 Å². The molecule has 4 heteroatoms. The largest absolute Gasteiger partial charge is 0.480 e. The maximum Gasteiger partial charge on any atom is 0.320 e. The molecule has 2 aromatic rings. The molecule has 0 aliphatic heterocycles. The predicted molar refractivity (Wildman–Crippen MR) is 57.6 cm³/mol. The molecule has 0 aliphatic carbocycles. The van der Waals surface area contributed by atoms with Crippen LogP contribution < -0.4 is 5.73 Å². The van der Waals surface area contributed by atoms with Crippen molar-refractivity contribution < 1.29 is 9.90 Å². The second kappa shape index (κ2) is 3.74. The molecule has 0 saturated carbocycles. The molecule has 0 bridgehead atoms. The van der Waals surface area contributed by atoms with E-state index in [0.717, 1.165) is 16.5 Å². The smallest absolute Gasteiger partial charge is 0.320 e. The van der Waals surface area contributed by atoms with E-state index in [1.54, 1.807) is 0 Å². The normalized spacial score (nSPS) is 12.9. The van der Waals surface area contributed by atoms with Gasteiger partial charge in [0.05, 0.1) is 0 Å². The molecule has 0 aliphatic rings. The highest BCUT2D eigenvalue weighted by Gasteiger charge is 2.14. The summed E-state index contributed by atoms with van der Waals surface area (Å²) in [5, 5.41) is 9.75. The summed E-state index contributed by atoms with van der Waals surface area (Å²) >= 11 is 0. The van der Waals surface area contributed by atoms with Crippen molar-refractivity contribution in [2.24, 2.45) is 5.73 Å². The Kier molecular flexibility index (Phi) is 2.43. The molecule has 0 spiro atoms. The molecule has 1 heterocycles. The maximum absolute atomic E-state index is 10.6. The van der Waals surface area contributed by atoms with Crippen LogP contribution in [0, 0.1) is 0 Å². The van der Waals surface area contributed by atoms with E-state index in [4.69, 9.17) is 10.8 Å². The minimum Gasteiger partial charge on any atom is -0.480 e. The minimum absolute atomic E-state index is 0.347. The van der Waals surface area contributed by atoms with E-state index in [1.807, 2.05) is 30.5 Å². The van der Waals surface area contributed by atoms with E-state index < -0.39 is 12.0 Å². The maximum atomic E-state index is 10.6. The molecular formula is C11H12N2O2. The Balaban J connectivity index is 2.32. The summed E-state index contributed by atoms with van der Waals surface area (Å²) in [6, 6.07) is 6.91. The molecule has 4 nitrogen and oxygen atoms in total. The van der Waals surface area contributed by atoms with Crippen molar-refractivity contribution in [3.63, 3.8) is 0 Å². The number of rotatable bonds is 3. The molecule has 0 saturated heterocycles. The fourth-order valence-electron chi connectivity index (χ4n) is 1.62. The number of aromatic amines is 1.